The monoisotopic (exact) mass is 406 g/mol. The summed E-state index contributed by atoms with van der Waals surface area (Å²) in [5.74, 6) is 1.40. The predicted octanol–water partition coefficient (Wildman–Crippen LogP) is 1.45. The van der Waals surface area contributed by atoms with Crippen LogP contribution < -0.4 is 24.2 Å². The summed E-state index contributed by atoms with van der Waals surface area (Å²) in [6.07, 6.45) is 0.0277. The molecule has 2 N–H and O–H groups in total. The first-order chi connectivity index (χ1) is 13.5. The van der Waals surface area contributed by atoms with Crippen molar-refractivity contribution in [3.05, 3.63) is 48.0 Å². The number of hydrogen-bond donors (Lipinski definition) is 2. The van der Waals surface area contributed by atoms with E-state index in [0.29, 0.717) is 31.3 Å². The molecule has 8 nitrogen and oxygen atoms in total. The van der Waals surface area contributed by atoms with E-state index in [2.05, 4.69) is 10.0 Å². The Balaban J connectivity index is 1.47. The molecular formula is C19H22N2O6S. The van der Waals surface area contributed by atoms with E-state index in [1.54, 1.807) is 13.2 Å². The number of rotatable bonds is 8. The topological polar surface area (TPSA) is 103 Å². The van der Waals surface area contributed by atoms with Crippen molar-refractivity contribution in [2.45, 2.75) is 17.9 Å². The van der Waals surface area contributed by atoms with Gasteiger partial charge in [0.05, 0.1) is 12.0 Å². The SMILES string of the molecule is COc1ccc(CNC(=O)CCNS(=O)(=O)c2ccc3c(c2)OCCO3)cc1. The van der Waals surface area contributed by atoms with Crippen molar-refractivity contribution in [3.8, 4) is 17.2 Å². The molecule has 1 aliphatic heterocycles. The van der Waals surface area contributed by atoms with Crippen LogP contribution in [-0.4, -0.2) is 41.2 Å². The quantitative estimate of drug-likeness (QED) is 0.688. The number of benzene rings is 2. The molecular weight excluding hydrogens is 384 g/mol. The second-order valence-electron chi connectivity index (χ2n) is 6.08. The molecule has 2 aromatic rings. The Morgan fingerprint density at radius 2 is 1.79 bits per heavy atom. The highest BCUT2D eigenvalue weighted by atomic mass is 32.2. The maximum Gasteiger partial charge on any atom is 0.240 e. The molecule has 3 rings (SSSR count). The lowest BCUT2D eigenvalue weighted by molar-refractivity contribution is -0.121. The third kappa shape index (κ3) is 5.14. The van der Waals surface area contributed by atoms with Gasteiger partial charge in [0.2, 0.25) is 15.9 Å². The van der Waals surface area contributed by atoms with Crippen LogP contribution in [0, 0.1) is 0 Å². The van der Waals surface area contributed by atoms with E-state index in [4.69, 9.17) is 14.2 Å². The molecule has 0 unspecified atom stereocenters. The van der Waals surface area contributed by atoms with E-state index in [0.717, 1.165) is 11.3 Å². The summed E-state index contributed by atoms with van der Waals surface area (Å²) in [5, 5.41) is 2.75. The van der Waals surface area contributed by atoms with E-state index >= 15 is 0 Å². The van der Waals surface area contributed by atoms with Crippen molar-refractivity contribution in [3.63, 3.8) is 0 Å². The fraction of sp³-hybridized carbons (Fsp3) is 0.316. The molecule has 28 heavy (non-hydrogen) atoms. The van der Waals surface area contributed by atoms with Crippen molar-refractivity contribution in [2.75, 3.05) is 26.9 Å². The fourth-order valence-electron chi connectivity index (χ4n) is 2.61. The van der Waals surface area contributed by atoms with E-state index in [9.17, 15) is 13.2 Å². The Labute approximate surface area is 163 Å². The number of ether oxygens (including phenoxy) is 3. The molecule has 1 aliphatic rings. The van der Waals surface area contributed by atoms with Crippen LogP contribution in [0.4, 0.5) is 0 Å². The minimum Gasteiger partial charge on any atom is -0.497 e. The van der Waals surface area contributed by atoms with Crippen LogP contribution >= 0.6 is 0 Å². The molecule has 0 fully saturated rings. The van der Waals surface area contributed by atoms with Crippen molar-refractivity contribution in [1.29, 1.82) is 0 Å². The van der Waals surface area contributed by atoms with Gasteiger partial charge in [-0.3, -0.25) is 4.79 Å². The average Bonchev–Trinajstić information content (AvgIpc) is 2.72. The second kappa shape index (κ2) is 8.94. The smallest absolute Gasteiger partial charge is 0.240 e. The minimum atomic E-state index is -3.74. The lowest BCUT2D eigenvalue weighted by Crippen LogP contribution is -2.30. The molecule has 1 amide bonds. The van der Waals surface area contributed by atoms with Gasteiger partial charge in [-0.1, -0.05) is 12.1 Å². The van der Waals surface area contributed by atoms with Crippen LogP contribution in [0.15, 0.2) is 47.4 Å². The molecule has 0 aliphatic carbocycles. The summed E-state index contributed by atoms with van der Waals surface area (Å²) in [5.41, 5.74) is 0.922. The highest BCUT2D eigenvalue weighted by Gasteiger charge is 2.19. The normalized spacial score (nSPS) is 13.0. The number of amides is 1. The lowest BCUT2D eigenvalue weighted by atomic mass is 10.2. The standard InChI is InChI=1S/C19H22N2O6S/c1-25-15-4-2-14(3-5-15)13-20-19(22)8-9-21-28(23,24)16-6-7-17-18(12-16)27-11-10-26-17/h2-7,12,21H,8-11,13H2,1H3,(H,20,22). The van der Waals surface area contributed by atoms with Crippen molar-refractivity contribution in [2.24, 2.45) is 0 Å². The number of nitrogens with one attached hydrogen (secondary N) is 2. The molecule has 0 atom stereocenters. The van der Waals surface area contributed by atoms with Gasteiger partial charge in [0, 0.05) is 25.6 Å². The number of carbonyl (C=O) groups excluding carboxylic acids is 1. The molecule has 0 saturated heterocycles. The summed E-state index contributed by atoms with van der Waals surface area (Å²) in [6.45, 7) is 1.16. The Kier molecular flexibility index (Phi) is 6.37. The second-order valence-corrected chi connectivity index (χ2v) is 7.84. The van der Waals surface area contributed by atoms with Crippen molar-refractivity contribution < 1.29 is 27.4 Å². The highest BCUT2D eigenvalue weighted by molar-refractivity contribution is 7.89. The molecule has 0 spiro atoms. The van der Waals surface area contributed by atoms with Gasteiger partial charge in [-0.15, -0.1) is 0 Å². The van der Waals surface area contributed by atoms with E-state index in [1.165, 1.54) is 12.1 Å². The predicted molar refractivity (Wildman–Crippen MR) is 102 cm³/mol. The first-order valence-electron chi connectivity index (χ1n) is 8.77. The molecule has 0 aromatic heterocycles. The minimum absolute atomic E-state index is 0.00871. The lowest BCUT2D eigenvalue weighted by Gasteiger charge is -2.18. The number of fused-ring (bicyclic) bond motifs is 1. The van der Waals surface area contributed by atoms with Crippen LogP contribution in [0.25, 0.3) is 0 Å². The molecule has 150 valence electrons. The van der Waals surface area contributed by atoms with E-state index < -0.39 is 10.0 Å². The summed E-state index contributed by atoms with van der Waals surface area (Å²) in [6, 6.07) is 11.7. The number of carbonyl (C=O) groups is 1. The van der Waals surface area contributed by atoms with Crippen LogP contribution in [-0.2, 0) is 21.4 Å². The Morgan fingerprint density at radius 3 is 2.50 bits per heavy atom. The summed E-state index contributed by atoms with van der Waals surface area (Å²) < 4.78 is 43.1. The first-order valence-corrected chi connectivity index (χ1v) is 10.3. The summed E-state index contributed by atoms with van der Waals surface area (Å²) in [7, 11) is -2.16. The van der Waals surface area contributed by atoms with Gasteiger partial charge in [-0.05, 0) is 29.8 Å². The highest BCUT2D eigenvalue weighted by Crippen LogP contribution is 2.32. The van der Waals surface area contributed by atoms with E-state index in [1.807, 2.05) is 24.3 Å². The van der Waals surface area contributed by atoms with Crippen molar-refractivity contribution >= 4 is 15.9 Å². The molecule has 0 saturated carbocycles. The zero-order valence-electron chi connectivity index (χ0n) is 15.4. The van der Waals surface area contributed by atoms with Gasteiger partial charge in [-0.25, -0.2) is 13.1 Å². The summed E-state index contributed by atoms with van der Waals surface area (Å²) >= 11 is 0. The Morgan fingerprint density at radius 1 is 1.07 bits per heavy atom. The molecule has 9 heteroatoms. The summed E-state index contributed by atoms with van der Waals surface area (Å²) in [4.78, 5) is 12.0. The zero-order valence-corrected chi connectivity index (χ0v) is 16.3. The Bertz CT molecular complexity index is 928. The van der Waals surface area contributed by atoms with E-state index in [-0.39, 0.29) is 23.8 Å². The van der Waals surface area contributed by atoms with Gasteiger partial charge < -0.3 is 19.5 Å². The van der Waals surface area contributed by atoms with Gasteiger partial charge >= 0.3 is 0 Å². The van der Waals surface area contributed by atoms with Crippen LogP contribution in [0.3, 0.4) is 0 Å². The number of methoxy groups -OCH3 is 1. The third-order valence-corrected chi connectivity index (χ3v) is 5.58. The number of sulfonamides is 1. The van der Waals surface area contributed by atoms with Crippen LogP contribution in [0.1, 0.15) is 12.0 Å². The van der Waals surface area contributed by atoms with Gasteiger partial charge in [0.25, 0.3) is 0 Å². The average molecular weight is 406 g/mol. The fourth-order valence-corrected chi connectivity index (χ4v) is 3.65. The number of hydrogen-bond acceptors (Lipinski definition) is 6. The molecule has 2 aromatic carbocycles. The van der Waals surface area contributed by atoms with Crippen LogP contribution in [0.5, 0.6) is 17.2 Å². The molecule has 0 radical (unpaired) electrons. The maximum absolute atomic E-state index is 12.4. The maximum atomic E-state index is 12.4. The molecule has 1 heterocycles. The first kappa shape index (κ1) is 20.0. The van der Waals surface area contributed by atoms with Gasteiger partial charge in [0.1, 0.15) is 19.0 Å². The van der Waals surface area contributed by atoms with Gasteiger partial charge in [-0.2, -0.15) is 0 Å². The Hall–Kier alpha value is -2.78. The van der Waals surface area contributed by atoms with Crippen LogP contribution in [0.2, 0.25) is 0 Å². The van der Waals surface area contributed by atoms with Gasteiger partial charge in [0.15, 0.2) is 11.5 Å². The molecule has 0 bridgehead atoms. The van der Waals surface area contributed by atoms with Crippen molar-refractivity contribution in [1.82, 2.24) is 10.0 Å². The third-order valence-electron chi connectivity index (χ3n) is 4.12. The zero-order chi connectivity index (χ0) is 20.0. The largest absolute Gasteiger partial charge is 0.497 e.